The van der Waals surface area contributed by atoms with Gasteiger partial charge in [-0.25, -0.2) is 0 Å². The summed E-state index contributed by atoms with van der Waals surface area (Å²) in [5.41, 5.74) is 0. The molecule has 30 valence electrons. The second kappa shape index (κ2) is 3.20. The molecule has 5 heteroatoms. The van der Waals surface area contributed by atoms with Crippen LogP contribution in [0.5, 0.6) is 0 Å². The lowest BCUT2D eigenvalue weighted by Gasteiger charge is -1.80. The van der Waals surface area contributed by atoms with Gasteiger partial charge in [0.2, 0.25) is 0 Å². The lowest BCUT2D eigenvalue weighted by atomic mass is 10.4. The van der Waals surface area contributed by atoms with Gasteiger partial charge in [0.05, 0.1) is 0 Å². The first kappa shape index (κ1) is 6.00. The Hall–Kier alpha value is 1.00. The normalized spacial score (nSPS) is 7.80. The van der Waals surface area contributed by atoms with Crippen molar-refractivity contribution < 1.29 is 9.23 Å². The van der Waals surface area contributed by atoms with Crippen molar-refractivity contribution in [2.75, 3.05) is 0 Å². The molecule has 0 unspecified atom stereocenters. The molecular formula is HBClIO2. The van der Waals surface area contributed by atoms with Crippen LogP contribution in [0.3, 0.4) is 0 Å². The molecule has 0 amide bonds. The van der Waals surface area contributed by atoms with Crippen LogP contribution in [0, 0.1) is 0 Å². The van der Waals surface area contributed by atoms with E-state index in [4.69, 9.17) is 5.02 Å². The van der Waals surface area contributed by atoms with Crippen molar-refractivity contribution in [1.82, 2.24) is 0 Å². The fraction of sp³-hybridized carbons (Fsp3) is 0. The third-order valence-corrected chi connectivity index (χ3v) is 0.797. The minimum atomic E-state index is -0.880. The van der Waals surface area contributed by atoms with E-state index in [-0.39, 0.29) is 0 Å². The third-order valence-electron chi connectivity index (χ3n) is 0.0735. The summed E-state index contributed by atoms with van der Waals surface area (Å²) >= 11 is 6.19. The summed E-state index contributed by atoms with van der Waals surface area (Å²) in [5, 5.41) is 7.99. The third kappa shape index (κ3) is 5.00. The van der Waals surface area contributed by atoms with Gasteiger partial charge in [0.15, 0.2) is 0 Å². The monoisotopic (exact) mass is 206 g/mol. The standard InChI is InChI=1S/BClHIO2/c2-5-1(3)4/h4H. The van der Waals surface area contributed by atoms with Crippen molar-refractivity contribution in [2.45, 2.75) is 0 Å². The summed E-state index contributed by atoms with van der Waals surface area (Å²) in [5.74, 6) is 0. The first-order valence-corrected chi connectivity index (χ1v) is 2.42. The van der Waals surface area contributed by atoms with E-state index >= 15 is 0 Å². The highest BCUT2D eigenvalue weighted by atomic mass is 127. The van der Waals surface area contributed by atoms with E-state index < -0.39 is 4.97 Å². The summed E-state index contributed by atoms with van der Waals surface area (Å²) in [6, 6.07) is 0. The van der Waals surface area contributed by atoms with Crippen LogP contribution in [-0.2, 0) is 4.21 Å². The van der Waals surface area contributed by atoms with Gasteiger partial charge in [0, 0.05) is 11.9 Å². The molecule has 0 fully saturated rings. The van der Waals surface area contributed by atoms with Crippen LogP contribution < -0.4 is 0 Å². The van der Waals surface area contributed by atoms with Crippen molar-refractivity contribution in [3.05, 3.63) is 0 Å². The summed E-state index contributed by atoms with van der Waals surface area (Å²) in [6.45, 7) is 0. The number of halogens is 2. The van der Waals surface area contributed by atoms with Crippen LogP contribution in [0.4, 0.5) is 0 Å². The molecule has 0 spiro atoms. The smallest absolute Gasteiger partial charge is 0.417 e. The molecule has 0 saturated heterocycles. The molecule has 0 bridgehead atoms. The second-order valence-electron chi connectivity index (χ2n) is 0.381. The van der Waals surface area contributed by atoms with Crippen LogP contribution in [0.15, 0.2) is 0 Å². The van der Waals surface area contributed by atoms with Gasteiger partial charge in [-0.05, 0) is 0 Å². The topological polar surface area (TPSA) is 29.5 Å². The van der Waals surface area contributed by atoms with Gasteiger partial charge in [0.1, 0.15) is 0 Å². The maximum absolute atomic E-state index is 7.99. The van der Waals surface area contributed by atoms with Crippen LogP contribution in [0.25, 0.3) is 0 Å². The Balaban J connectivity index is 2.54. The Kier molecular flexibility index (Phi) is 3.85. The zero-order valence-electron chi connectivity index (χ0n) is 2.19. The summed E-state index contributed by atoms with van der Waals surface area (Å²) in [6.07, 6.45) is 0. The van der Waals surface area contributed by atoms with Crippen LogP contribution >= 0.6 is 34.2 Å². The molecule has 1 N–H and O–H groups in total. The summed E-state index contributed by atoms with van der Waals surface area (Å²) < 4.78 is 3.76. The highest BCUT2D eigenvalue weighted by Gasteiger charge is 2.00. The molecule has 0 aromatic carbocycles. The predicted octanol–water partition coefficient (Wildman–Crippen LogP) is 0.569. The Bertz CT molecular complexity index is 23.6. The molecule has 0 aromatic heterocycles. The summed E-state index contributed by atoms with van der Waals surface area (Å²) in [7, 11) is 0. The minimum Gasteiger partial charge on any atom is -0.417 e. The molecule has 0 aliphatic carbocycles. The van der Waals surface area contributed by atoms with Crippen molar-refractivity contribution in [1.29, 1.82) is 0 Å². The van der Waals surface area contributed by atoms with Crippen LogP contribution in [0.1, 0.15) is 0 Å². The quantitative estimate of drug-likeness (QED) is 0.502. The van der Waals surface area contributed by atoms with E-state index in [1.165, 1.54) is 0 Å². The summed E-state index contributed by atoms with van der Waals surface area (Å²) in [4.78, 5) is -0.880. The fourth-order valence-corrected chi connectivity index (χ4v) is 0. The Morgan fingerprint density at radius 2 is 2.20 bits per heavy atom. The Labute approximate surface area is 48.6 Å². The van der Waals surface area contributed by atoms with E-state index in [1.54, 1.807) is 22.4 Å². The molecule has 0 saturated carbocycles. The maximum Gasteiger partial charge on any atom is 0.546 e. The van der Waals surface area contributed by atoms with Crippen molar-refractivity contribution in [3.8, 4) is 0 Å². The molecule has 0 aliphatic heterocycles. The number of hydrogen-bond donors (Lipinski definition) is 1. The first-order chi connectivity index (χ1) is 2.27. The van der Waals surface area contributed by atoms with E-state index in [9.17, 15) is 0 Å². The SMILES string of the molecule is OB(I)OCl. The van der Waals surface area contributed by atoms with Crippen molar-refractivity contribution >= 4 is 39.2 Å². The van der Waals surface area contributed by atoms with Gasteiger partial charge >= 0.3 is 4.97 Å². The van der Waals surface area contributed by atoms with E-state index in [0.717, 1.165) is 0 Å². The Morgan fingerprint density at radius 3 is 2.20 bits per heavy atom. The highest BCUT2D eigenvalue weighted by molar-refractivity contribution is 14.1. The fourth-order valence-electron chi connectivity index (χ4n) is 0. The molecule has 0 rings (SSSR count). The molecule has 5 heavy (non-hydrogen) atoms. The Morgan fingerprint density at radius 1 is 2.00 bits per heavy atom. The first-order valence-electron chi connectivity index (χ1n) is 0.866. The molecule has 2 nitrogen and oxygen atoms in total. The molecule has 0 aromatic rings. The van der Waals surface area contributed by atoms with Gasteiger partial charge in [-0.3, -0.25) is 4.21 Å². The van der Waals surface area contributed by atoms with E-state index in [2.05, 4.69) is 16.1 Å². The number of hydrogen-bond acceptors (Lipinski definition) is 2. The molecule has 0 heterocycles. The lowest BCUT2D eigenvalue weighted by molar-refractivity contribution is 0.475. The van der Waals surface area contributed by atoms with Crippen LogP contribution in [0.2, 0.25) is 0 Å². The number of rotatable bonds is 1. The zero-order valence-corrected chi connectivity index (χ0v) is 5.10. The van der Waals surface area contributed by atoms with Gasteiger partial charge in [0.25, 0.3) is 0 Å². The van der Waals surface area contributed by atoms with Gasteiger partial charge in [-0.2, -0.15) is 0 Å². The second-order valence-corrected chi connectivity index (χ2v) is 1.62. The molecule has 0 radical (unpaired) electrons. The largest absolute Gasteiger partial charge is 0.546 e. The maximum atomic E-state index is 7.99. The highest BCUT2D eigenvalue weighted by Crippen LogP contribution is 1.91. The van der Waals surface area contributed by atoms with E-state index in [0.29, 0.717) is 0 Å². The van der Waals surface area contributed by atoms with Crippen LogP contribution in [-0.4, -0.2) is 10.00 Å². The average Bonchev–Trinajstić information content (AvgIpc) is 1.38. The van der Waals surface area contributed by atoms with E-state index in [1.807, 2.05) is 0 Å². The van der Waals surface area contributed by atoms with Gasteiger partial charge in [-0.15, -0.1) is 0 Å². The molecular weight excluding hydrogens is 205 g/mol. The average molecular weight is 206 g/mol. The zero-order chi connectivity index (χ0) is 4.28. The van der Waals surface area contributed by atoms with Crippen molar-refractivity contribution in [2.24, 2.45) is 0 Å². The molecule has 0 atom stereocenters. The lowest BCUT2D eigenvalue weighted by Crippen LogP contribution is -1.97. The molecule has 0 aliphatic rings. The van der Waals surface area contributed by atoms with Crippen molar-refractivity contribution in [3.63, 3.8) is 0 Å². The van der Waals surface area contributed by atoms with Gasteiger partial charge < -0.3 is 5.02 Å². The van der Waals surface area contributed by atoms with Gasteiger partial charge in [-0.1, -0.05) is 22.4 Å². The predicted molar refractivity (Wildman–Crippen MR) is 28.9 cm³/mol. The minimum absolute atomic E-state index is 0.880.